The molecular weight excluding hydrogens is 318 g/mol. The monoisotopic (exact) mass is 341 g/mol. The lowest BCUT2D eigenvalue weighted by Gasteiger charge is -2.10. The summed E-state index contributed by atoms with van der Waals surface area (Å²) in [5.41, 5.74) is 7.97. The molecule has 0 aromatic carbocycles. The van der Waals surface area contributed by atoms with Crippen LogP contribution in [0.3, 0.4) is 0 Å². The van der Waals surface area contributed by atoms with Crippen molar-refractivity contribution >= 4 is 28.7 Å². The van der Waals surface area contributed by atoms with Gasteiger partial charge in [-0.1, -0.05) is 13.3 Å². The van der Waals surface area contributed by atoms with Crippen molar-refractivity contribution in [1.29, 1.82) is 0 Å². The molecule has 0 aliphatic heterocycles. The molecular formula is C16H23N9. The highest BCUT2D eigenvalue weighted by atomic mass is 15.1. The predicted octanol–water partition coefficient (Wildman–Crippen LogP) is 1.90. The van der Waals surface area contributed by atoms with Gasteiger partial charge in [-0.3, -0.25) is 0 Å². The summed E-state index contributed by atoms with van der Waals surface area (Å²) in [7, 11) is 0. The summed E-state index contributed by atoms with van der Waals surface area (Å²) in [5.74, 6) is 2.57. The first-order valence-electron chi connectivity index (χ1n) is 8.44. The second-order valence-electron chi connectivity index (χ2n) is 5.80. The van der Waals surface area contributed by atoms with E-state index in [2.05, 4.69) is 47.5 Å². The second kappa shape index (κ2) is 7.73. The summed E-state index contributed by atoms with van der Waals surface area (Å²) in [4.78, 5) is 24.4. The fourth-order valence-electron chi connectivity index (χ4n) is 2.52. The second-order valence-corrected chi connectivity index (χ2v) is 5.80. The van der Waals surface area contributed by atoms with Crippen molar-refractivity contribution in [2.75, 3.05) is 29.5 Å². The number of H-pyrrole nitrogens is 1. The summed E-state index contributed by atoms with van der Waals surface area (Å²) >= 11 is 0. The fourth-order valence-corrected chi connectivity index (χ4v) is 2.52. The minimum absolute atomic E-state index is 0.196. The summed E-state index contributed by atoms with van der Waals surface area (Å²) in [6, 6.07) is 1.95. The molecule has 25 heavy (non-hydrogen) atoms. The Hall–Kier alpha value is -2.97. The third kappa shape index (κ3) is 4.31. The minimum atomic E-state index is 0.196. The molecule has 9 heteroatoms. The highest BCUT2D eigenvalue weighted by molar-refractivity contribution is 5.83. The lowest BCUT2D eigenvalue weighted by molar-refractivity contribution is 0.748. The summed E-state index contributed by atoms with van der Waals surface area (Å²) in [6.45, 7) is 5.48. The summed E-state index contributed by atoms with van der Waals surface area (Å²) < 4.78 is 0. The van der Waals surface area contributed by atoms with Crippen LogP contribution in [0.15, 0.2) is 12.4 Å². The maximum absolute atomic E-state index is 5.70. The minimum Gasteiger partial charge on any atom is -0.368 e. The van der Waals surface area contributed by atoms with Gasteiger partial charge in [0.1, 0.15) is 17.2 Å². The Bertz CT molecular complexity index is 843. The van der Waals surface area contributed by atoms with Crippen LogP contribution in [0, 0.1) is 6.92 Å². The van der Waals surface area contributed by atoms with Crippen molar-refractivity contribution in [3.05, 3.63) is 23.9 Å². The number of rotatable bonds is 8. The van der Waals surface area contributed by atoms with Gasteiger partial charge in [0.15, 0.2) is 11.5 Å². The molecule has 0 fully saturated rings. The number of nitrogens with two attached hydrogens (primary N) is 1. The Kier molecular flexibility index (Phi) is 5.22. The highest BCUT2D eigenvalue weighted by Gasteiger charge is 2.08. The molecule has 0 saturated heterocycles. The van der Waals surface area contributed by atoms with Crippen molar-refractivity contribution in [3.63, 3.8) is 0 Å². The molecule has 3 aromatic heterocycles. The SMILES string of the molecule is CCCCc1nc(C)cc(NCCNc2nc(N)nc3nc[nH]c23)n1. The van der Waals surface area contributed by atoms with Gasteiger partial charge in [0.25, 0.3) is 0 Å². The number of aryl methyl sites for hydroxylation is 2. The molecule has 3 heterocycles. The van der Waals surface area contributed by atoms with Crippen LogP contribution in [-0.4, -0.2) is 43.0 Å². The Morgan fingerprint density at radius 1 is 1.12 bits per heavy atom. The number of imidazole rings is 1. The van der Waals surface area contributed by atoms with Crippen LogP contribution >= 0.6 is 0 Å². The summed E-state index contributed by atoms with van der Waals surface area (Å²) in [6.07, 6.45) is 4.71. The Balaban J connectivity index is 1.58. The van der Waals surface area contributed by atoms with Crippen LogP contribution in [0.4, 0.5) is 17.6 Å². The Labute approximate surface area is 145 Å². The fraction of sp³-hybridized carbons (Fsp3) is 0.438. The average Bonchev–Trinajstić information content (AvgIpc) is 3.04. The Morgan fingerprint density at radius 3 is 2.80 bits per heavy atom. The number of hydrogen-bond acceptors (Lipinski definition) is 8. The van der Waals surface area contributed by atoms with Gasteiger partial charge in [0.2, 0.25) is 5.95 Å². The number of aromatic amines is 1. The van der Waals surface area contributed by atoms with Gasteiger partial charge in [0, 0.05) is 31.3 Å². The van der Waals surface area contributed by atoms with Crippen molar-refractivity contribution in [2.24, 2.45) is 0 Å². The van der Waals surface area contributed by atoms with Crippen molar-refractivity contribution in [3.8, 4) is 0 Å². The highest BCUT2D eigenvalue weighted by Crippen LogP contribution is 2.16. The van der Waals surface area contributed by atoms with Crippen LogP contribution in [0.5, 0.6) is 0 Å². The molecule has 3 aromatic rings. The van der Waals surface area contributed by atoms with Crippen LogP contribution < -0.4 is 16.4 Å². The number of anilines is 3. The van der Waals surface area contributed by atoms with E-state index >= 15 is 0 Å². The number of hydrogen-bond donors (Lipinski definition) is 4. The number of nitrogens with one attached hydrogen (secondary N) is 3. The zero-order chi connectivity index (χ0) is 17.6. The predicted molar refractivity (Wildman–Crippen MR) is 98.5 cm³/mol. The maximum Gasteiger partial charge on any atom is 0.224 e. The molecule has 132 valence electrons. The standard InChI is InChI=1S/C16H23N9/c1-3-4-5-11-22-10(2)8-12(23-11)18-6-7-19-14-13-15(21-9-20-13)25-16(17)24-14/h8-9H,3-7H2,1-2H3,(H,18,22,23)(H4,17,19,20,21,24,25). The van der Waals surface area contributed by atoms with Gasteiger partial charge in [-0.25, -0.2) is 15.0 Å². The smallest absolute Gasteiger partial charge is 0.224 e. The van der Waals surface area contributed by atoms with Gasteiger partial charge in [-0.05, 0) is 13.3 Å². The van der Waals surface area contributed by atoms with Gasteiger partial charge in [-0.15, -0.1) is 0 Å². The molecule has 0 amide bonds. The first kappa shape index (κ1) is 16.9. The van der Waals surface area contributed by atoms with Crippen molar-refractivity contribution in [2.45, 2.75) is 33.1 Å². The van der Waals surface area contributed by atoms with E-state index in [1.54, 1.807) is 6.33 Å². The van der Waals surface area contributed by atoms with Crippen LogP contribution in [0.2, 0.25) is 0 Å². The first-order valence-corrected chi connectivity index (χ1v) is 8.44. The number of nitrogens with zero attached hydrogens (tertiary/aromatic N) is 5. The van der Waals surface area contributed by atoms with Gasteiger partial charge >= 0.3 is 0 Å². The third-order valence-electron chi connectivity index (χ3n) is 3.68. The number of nitrogen functional groups attached to an aromatic ring is 1. The molecule has 0 atom stereocenters. The normalized spacial score (nSPS) is 11.0. The van der Waals surface area contributed by atoms with E-state index in [0.29, 0.717) is 24.6 Å². The van der Waals surface area contributed by atoms with Gasteiger partial charge < -0.3 is 21.4 Å². The Morgan fingerprint density at radius 2 is 1.96 bits per heavy atom. The molecule has 3 rings (SSSR count). The maximum atomic E-state index is 5.70. The molecule has 9 nitrogen and oxygen atoms in total. The lowest BCUT2D eigenvalue weighted by Crippen LogP contribution is -2.16. The van der Waals surface area contributed by atoms with E-state index in [-0.39, 0.29) is 5.95 Å². The van der Waals surface area contributed by atoms with Gasteiger partial charge in [0.05, 0.1) is 6.33 Å². The molecule has 0 aliphatic carbocycles. The van der Waals surface area contributed by atoms with E-state index < -0.39 is 0 Å². The molecule has 0 aliphatic rings. The zero-order valence-corrected chi connectivity index (χ0v) is 14.5. The van der Waals surface area contributed by atoms with E-state index in [1.807, 2.05) is 13.0 Å². The largest absolute Gasteiger partial charge is 0.368 e. The molecule has 0 bridgehead atoms. The van der Waals surface area contributed by atoms with E-state index in [1.165, 1.54) is 0 Å². The molecule has 0 unspecified atom stereocenters. The third-order valence-corrected chi connectivity index (χ3v) is 3.68. The zero-order valence-electron chi connectivity index (χ0n) is 14.5. The quantitative estimate of drug-likeness (QED) is 0.457. The van der Waals surface area contributed by atoms with Crippen molar-refractivity contribution < 1.29 is 0 Å². The van der Waals surface area contributed by atoms with Crippen molar-refractivity contribution in [1.82, 2.24) is 29.9 Å². The topological polar surface area (TPSA) is 130 Å². The first-order chi connectivity index (χ1) is 12.2. The number of fused-ring (bicyclic) bond motifs is 1. The van der Waals surface area contributed by atoms with E-state index in [4.69, 9.17) is 5.73 Å². The number of aromatic nitrogens is 6. The van der Waals surface area contributed by atoms with E-state index in [9.17, 15) is 0 Å². The van der Waals surface area contributed by atoms with E-state index in [0.717, 1.165) is 42.1 Å². The van der Waals surface area contributed by atoms with Gasteiger partial charge in [-0.2, -0.15) is 9.97 Å². The molecule has 5 N–H and O–H groups in total. The number of unbranched alkanes of at least 4 members (excludes halogenated alkanes) is 1. The molecule has 0 radical (unpaired) electrons. The summed E-state index contributed by atoms with van der Waals surface area (Å²) in [5, 5.41) is 6.56. The van der Waals surface area contributed by atoms with Crippen LogP contribution in [0.25, 0.3) is 11.2 Å². The van der Waals surface area contributed by atoms with Crippen LogP contribution in [-0.2, 0) is 6.42 Å². The molecule has 0 saturated carbocycles. The average molecular weight is 341 g/mol. The molecule has 0 spiro atoms. The lowest BCUT2D eigenvalue weighted by atomic mass is 10.2. The van der Waals surface area contributed by atoms with Crippen LogP contribution in [0.1, 0.15) is 31.3 Å².